The van der Waals surface area contributed by atoms with E-state index in [1.807, 2.05) is 9.47 Å². The van der Waals surface area contributed by atoms with Gasteiger partial charge in [-0.15, -0.1) is 0 Å². The zero-order valence-electron chi connectivity index (χ0n) is 13.9. The molecule has 2 aromatic heterocycles. The summed E-state index contributed by atoms with van der Waals surface area (Å²) in [6.45, 7) is 1.44. The first-order chi connectivity index (χ1) is 12.5. The number of nitrogens with two attached hydrogens (primary N) is 1. The van der Waals surface area contributed by atoms with Crippen LogP contribution in [0.4, 0.5) is 10.3 Å². The lowest BCUT2D eigenvalue weighted by Gasteiger charge is -2.35. The molecule has 0 bridgehead atoms. The van der Waals surface area contributed by atoms with Crippen molar-refractivity contribution < 1.29 is 9.50 Å². The number of fused-ring (bicyclic) bond motifs is 1. The number of imidazole rings is 1. The maximum atomic E-state index is 13.6. The molecular weight excluding hydrogens is 359 g/mol. The Morgan fingerprint density at radius 3 is 2.81 bits per heavy atom. The molecule has 0 spiro atoms. The number of aliphatic hydroxyl groups is 1. The van der Waals surface area contributed by atoms with Crippen molar-refractivity contribution in [2.45, 2.75) is 25.1 Å². The highest BCUT2D eigenvalue weighted by atomic mass is 35.5. The first kappa shape index (κ1) is 17.1. The predicted octanol–water partition coefficient (Wildman–Crippen LogP) is 1.57. The van der Waals surface area contributed by atoms with E-state index in [9.17, 15) is 9.50 Å². The number of anilines is 1. The molecule has 1 unspecified atom stereocenters. The number of hydrogen-bond donors (Lipinski definition) is 2. The van der Waals surface area contributed by atoms with E-state index in [4.69, 9.17) is 17.3 Å². The van der Waals surface area contributed by atoms with E-state index >= 15 is 0 Å². The summed E-state index contributed by atoms with van der Waals surface area (Å²) in [4.78, 5) is 15.1. The third-order valence-electron chi connectivity index (χ3n) is 4.57. The van der Waals surface area contributed by atoms with Crippen LogP contribution in [-0.4, -0.2) is 49.9 Å². The van der Waals surface area contributed by atoms with Gasteiger partial charge in [0.05, 0.1) is 28.7 Å². The van der Waals surface area contributed by atoms with Gasteiger partial charge in [0.25, 0.3) is 0 Å². The Balaban J connectivity index is 1.76. The number of piperidine rings is 1. The first-order valence-corrected chi connectivity index (χ1v) is 8.70. The maximum absolute atomic E-state index is 13.6. The van der Waals surface area contributed by atoms with Gasteiger partial charge in [0, 0.05) is 37.6 Å². The molecule has 1 fully saturated rings. The Morgan fingerprint density at radius 1 is 1.31 bits per heavy atom. The second-order valence-corrected chi connectivity index (χ2v) is 6.85. The fraction of sp³-hybridized carbons (Fsp3) is 0.353. The van der Waals surface area contributed by atoms with Gasteiger partial charge in [-0.05, 0) is 18.6 Å². The lowest BCUT2D eigenvalue weighted by molar-refractivity contribution is 0.124. The van der Waals surface area contributed by atoms with Crippen LogP contribution in [-0.2, 0) is 6.54 Å². The van der Waals surface area contributed by atoms with Gasteiger partial charge in [0.15, 0.2) is 0 Å². The first-order valence-electron chi connectivity index (χ1n) is 8.32. The highest BCUT2D eigenvalue weighted by molar-refractivity contribution is 6.30. The van der Waals surface area contributed by atoms with Crippen LogP contribution in [0.1, 0.15) is 12.2 Å². The van der Waals surface area contributed by atoms with Crippen LogP contribution < -0.4 is 10.6 Å². The Bertz CT molecular complexity index is 931. The summed E-state index contributed by atoms with van der Waals surface area (Å²) in [5, 5.41) is 10.3. The van der Waals surface area contributed by atoms with Crippen molar-refractivity contribution in [3.8, 4) is 0 Å². The van der Waals surface area contributed by atoms with Crippen molar-refractivity contribution in [3.63, 3.8) is 0 Å². The second kappa shape index (κ2) is 6.79. The number of halogens is 2. The maximum Gasteiger partial charge on any atom is 0.207 e. The van der Waals surface area contributed by atoms with E-state index in [0.717, 1.165) is 5.52 Å². The third kappa shape index (κ3) is 3.23. The van der Waals surface area contributed by atoms with Gasteiger partial charge >= 0.3 is 0 Å². The van der Waals surface area contributed by atoms with Crippen molar-refractivity contribution in [3.05, 3.63) is 47.3 Å². The Labute approximate surface area is 154 Å². The van der Waals surface area contributed by atoms with E-state index in [2.05, 4.69) is 15.0 Å². The molecular formula is C17H18ClFN6O. The minimum atomic E-state index is -0.527. The summed E-state index contributed by atoms with van der Waals surface area (Å²) >= 11 is 5.86. The summed E-state index contributed by atoms with van der Waals surface area (Å²) in [6.07, 6.45) is 3.10. The van der Waals surface area contributed by atoms with Crippen LogP contribution in [0.2, 0.25) is 5.02 Å². The largest absolute Gasteiger partial charge is 0.391 e. The predicted molar refractivity (Wildman–Crippen MR) is 96.6 cm³/mol. The molecule has 2 atom stereocenters. The Hall–Kier alpha value is -2.29. The highest BCUT2D eigenvalue weighted by Crippen LogP contribution is 2.26. The molecule has 1 saturated heterocycles. The van der Waals surface area contributed by atoms with Crippen LogP contribution >= 0.6 is 11.6 Å². The van der Waals surface area contributed by atoms with Crippen LogP contribution in [0, 0.1) is 5.82 Å². The summed E-state index contributed by atoms with van der Waals surface area (Å²) in [7, 11) is 0. The lowest BCUT2D eigenvalue weighted by atomic mass is 10.0. The molecule has 9 heteroatoms. The zero-order valence-corrected chi connectivity index (χ0v) is 14.6. The van der Waals surface area contributed by atoms with Gasteiger partial charge < -0.3 is 20.3 Å². The summed E-state index contributed by atoms with van der Waals surface area (Å²) < 4.78 is 15.6. The Morgan fingerprint density at radius 2 is 2.08 bits per heavy atom. The third-order valence-corrected chi connectivity index (χ3v) is 4.76. The molecule has 1 aliphatic heterocycles. The van der Waals surface area contributed by atoms with Crippen molar-refractivity contribution in [2.24, 2.45) is 5.73 Å². The lowest BCUT2D eigenvalue weighted by Crippen LogP contribution is -2.52. The quantitative estimate of drug-likeness (QED) is 0.720. The molecule has 3 N–H and O–H groups in total. The molecule has 0 saturated carbocycles. The van der Waals surface area contributed by atoms with Crippen LogP contribution in [0.15, 0.2) is 30.6 Å². The van der Waals surface area contributed by atoms with E-state index in [1.165, 1.54) is 24.5 Å². The minimum Gasteiger partial charge on any atom is -0.391 e. The van der Waals surface area contributed by atoms with Gasteiger partial charge in [-0.2, -0.15) is 0 Å². The topological polar surface area (TPSA) is 93.1 Å². The average Bonchev–Trinajstić information content (AvgIpc) is 2.97. The smallest absolute Gasteiger partial charge is 0.207 e. The summed E-state index contributed by atoms with van der Waals surface area (Å²) in [5.41, 5.74) is 7.34. The molecule has 4 rings (SSSR count). The molecule has 136 valence electrons. The molecule has 1 aliphatic rings. The molecule has 7 nitrogen and oxygen atoms in total. The molecule has 1 aromatic carbocycles. The van der Waals surface area contributed by atoms with Gasteiger partial charge in [0.1, 0.15) is 11.6 Å². The van der Waals surface area contributed by atoms with E-state index in [1.54, 1.807) is 6.07 Å². The number of rotatable bonds is 3. The fourth-order valence-electron chi connectivity index (χ4n) is 3.20. The number of benzene rings is 1. The minimum absolute atomic E-state index is 0.345. The van der Waals surface area contributed by atoms with Gasteiger partial charge in [-0.25, -0.2) is 19.3 Å². The summed E-state index contributed by atoms with van der Waals surface area (Å²) in [6, 6.07) is 4.13. The molecule has 0 radical (unpaired) electrons. The monoisotopic (exact) mass is 376 g/mol. The van der Waals surface area contributed by atoms with Crippen molar-refractivity contribution >= 4 is 28.6 Å². The molecule has 0 aliphatic carbocycles. The standard InChI is InChI=1S/C17H18ClFN6O/c18-10-6-21-16(22-7-10)9-25-14-2-1-11(19)5-13(14)23-17(25)24-4-3-15(26)12(20)8-24/h1-2,5-7,12,15,26H,3-4,8-9,20H2/t12-,15?/m1/s1. The van der Waals surface area contributed by atoms with Gasteiger partial charge in [-0.3, -0.25) is 0 Å². The molecule has 26 heavy (non-hydrogen) atoms. The van der Waals surface area contributed by atoms with Crippen molar-refractivity contribution in [2.75, 3.05) is 18.0 Å². The number of aromatic nitrogens is 4. The zero-order chi connectivity index (χ0) is 18.3. The van der Waals surface area contributed by atoms with Crippen molar-refractivity contribution in [1.82, 2.24) is 19.5 Å². The normalized spacial score (nSPS) is 20.7. The molecule has 0 amide bonds. The highest BCUT2D eigenvalue weighted by Gasteiger charge is 2.28. The average molecular weight is 377 g/mol. The van der Waals surface area contributed by atoms with E-state index < -0.39 is 6.10 Å². The number of nitrogens with zero attached hydrogens (tertiary/aromatic N) is 5. The van der Waals surface area contributed by atoms with Crippen LogP contribution in [0.5, 0.6) is 0 Å². The van der Waals surface area contributed by atoms with Gasteiger partial charge in [-0.1, -0.05) is 11.6 Å². The summed E-state index contributed by atoms with van der Waals surface area (Å²) in [5.74, 6) is 0.884. The van der Waals surface area contributed by atoms with Crippen LogP contribution in [0.3, 0.4) is 0 Å². The second-order valence-electron chi connectivity index (χ2n) is 6.41. The van der Waals surface area contributed by atoms with Gasteiger partial charge in [0.2, 0.25) is 5.95 Å². The van der Waals surface area contributed by atoms with E-state index in [-0.39, 0.29) is 11.9 Å². The Kier molecular flexibility index (Phi) is 4.47. The fourth-order valence-corrected chi connectivity index (χ4v) is 3.30. The number of hydrogen-bond acceptors (Lipinski definition) is 6. The van der Waals surface area contributed by atoms with Crippen LogP contribution in [0.25, 0.3) is 11.0 Å². The van der Waals surface area contributed by atoms with E-state index in [0.29, 0.717) is 48.4 Å². The van der Waals surface area contributed by atoms with Crippen molar-refractivity contribution in [1.29, 1.82) is 0 Å². The molecule has 3 aromatic rings. The number of aliphatic hydroxyl groups excluding tert-OH is 1. The molecule has 3 heterocycles. The SMILES string of the molecule is N[C@@H]1CN(c2nc3cc(F)ccc3n2Cc2ncc(Cl)cn2)CCC1O.